The van der Waals surface area contributed by atoms with Gasteiger partial charge in [-0.2, -0.15) is 0 Å². The Morgan fingerprint density at radius 3 is 2.60 bits per heavy atom. The third kappa shape index (κ3) is 2.23. The Kier molecular flexibility index (Phi) is 3.10. The van der Waals surface area contributed by atoms with Crippen LogP contribution in [0.1, 0.15) is 36.0 Å². The van der Waals surface area contributed by atoms with Crippen LogP contribution in [0.4, 0.5) is 0 Å². The van der Waals surface area contributed by atoms with Gasteiger partial charge in [-0.15, -0.1) is 0 Å². The molecule has 0 spiro atoms. The molecule has 0 heterocycles. The monoisotopic (exact) mass is 268 g/mol. The van der Waals surface area contributed by atoms with Crippen LogP contribution in [0.5, 0.6) is 5.75 Å². The molecule has 0 radical (unpaired) electrons. The fourth-order valence-corrected chi connectivity index (χ4v) is 2.47. The molecule has 1 fully saturated rings. The average molecular weight is 269 g/mol. The Morgan fingerprint density at radius 2 is 2.00 bits per heavy atom. The Labute approximate surface area is 97.4 Å². The number of carbonyl (C=O) groups is 1. The minimum Gasteiger partial charge on any atom is -0.507 e. The largest absolute Gasteiger partial charge is 0.507 e. The SMILES string of the molecule is O=C(c1ccc(Br)cc1O)C1CCCC1. The van der Waals surface area contributed by atoms with Crippen molar-refractivity contribution >= 4 is 21.7 Å². The number of phenols is 1. The number of phenolic OH excluding ortho intramolecular Hbond substituents is 1. The molecule has 1 aromatic carbocycles. The van der Waals surface area contributed by atoms with Gasteiger partial charge < -0.3 is 5.11 Å². The number of halogens is 1. The summed E-state index contributed by atoms with van der Waals surface area (Å²) in [5.41, 5.74) is 0.463. The van der Waals surface area contributed by atoms with Gasteiger partial charge in [-0.3, -0.25) is 4.79 Å². The van der Waals surface area contributed by atoms with Crippen molar-refractivity contribution in [1.82, 2.24) is 0 Å². The molecule has 0 aromatic heterocycles. The van der Waals surface area contributed by atoms with E-state index in [4.69, 9.17) is 0 Å². The van der Waals surface area contributed by atoms with Gasteiger partial charge in [0.15, 0.2) is 5.78 Å². The van der Waals surface area contributed by atoms with Crippen molar-refractivity contribution in [1.29, 1.82) is 0 Å². The summed E-state index contributed by atoms with van der Waals surface area (Å²) in [5, 5.41) is 9.67. The lowest BCUT2D eigenvalue weighted by atomic mass is 9.96. The molecule has 1 aromatic rings. The molecule has 0 amide bonds. The molecule has 2 nitrogen and oxygen atoms in total. The highest BCUT2D eigenvalue weighted by atomic mass is 79.9. The Morgan fingerprint density at radius 1 is 1.33 bits per heavy atom. The summed E-state index contributed by atoms with van der Waals surface area (Å²) >= 11 is 3.26. The van der Waals surface area contributed by atoms with E-state index in [0.29, 0.717) is 5.56 Å². The van der Waals surface area contributed by atoms with Crippen LogP contribution in [0, 0.1) is 5.92 Å². The molecule has 0 saturated heterocycles. The van der Waals surface area contributed by atoms with Gasteiger partial charge in [0.05, 0.1) is 5.56 Å². The van der Waals surface area contributed by atoms with Crippen LogP contribution in [0.25, 0.3) is 0 Å². The first-order valence-electron chi connectivity index (χ1n) is 5.21. The van der Waals surface area contributed by atoms with Crippen LogP contribution in [-0.2, 0) is 0 Å². The summed E-state index contributed by atoms with van der Waals surface area (Å²) in [6.45, 7) is 0. The summed E-state index contributed by atoms with van der Waals surface area (Å²) in [5.74, 6) is 0.302. The maximum atomic E-state index is 12.0. The first-order valence-corrected chi connectivity index (χ1v) is 6.00. The van der Waals surface area contributed by atoms with E-state index in [1.165, 1.54) is 0 Å². The summed E-state index contributed by atoms with van der Waals surface area (Å²) in [6.07, 6.45) is 4.20. The highest BCUT2D eigenvalue weighted by Gasteiger charge is 2.25. The Balaban J connectivity index is 2.24. The molecular weight excluding hydrogens is 256 g/mol. The standard InChI is InChI=1S/C12H13BrO2/c13-9-5-6-10(11(14)7-9)12(15)8-3-1-2-4-8/h5-8,14H,1-4H2. The lowest BCUT2D eigenvalue weighted by Gasteiger charge is -2.09. The number of rotatable bonds is 2. The van der Waals surface area contributed by atoms with Gasteiger partial charge in [0.25, 0.3) is 0 Å². The number of carbonyl (C=O) groups excluding carboxylic acids is 1. The van der Waals surface area contributed by atoms with Gasteiger partial charge in [0, 0.05) is 10.4 Å². The van der Waals surface area contributed by atoms with E-state index in [0.717, 1.165) is 30.2 Å². The third-order valence-electron chi connectivity index (χ3n) is 2.95. The number of aromatic hydroxyl groups is 1. The predicted molar refractivity (Wildman–Crippen MR) is 62.1 cm³/mol. The summed E-state index contributed by atoms with van der Waals surface area (Å²) in [4.78, 5) is 12.0. The third-order valence-corrected chi connectivity index (χ3v) is 3.44. The number of benzene rings is 1. The second kappa shape index (κ2) is 4.35. The summed E-state index contributed by atoms with van der Waals surface area (Å²) in [6, 6.07) is 5.06. The zero-order chi connectivity index (χ0) is 10.8. The molecule has 3 heteroatoms. The van der Waals surface area contributed by atoms with Crippen LogP contribution in [-0.4, -0.2) is 10.9 Å². The van der Waals surface area contributed by atoms with Crippen molar-refractivity contribution in [3.8, 4) is 5.75 Å². The Hall–Kier alpha value is -0.830. The number of Topliss-reactive ketones (excluding diaryl/α,β-unsaturated/α-hetero) is 1. The molecule has 0 bridgehead atoms. The van der Waals surface area contributed by atoms with Gasteiger partial charge in [0.2, 0.25) is 0 Å². The van der Waals surface area contributed by atoms with Gasteiger partial charge in [-0.1, -0.05) is 28.8 Å². The van der Waals surface area contributed by atoms with Gasteiger partial charge in [-0.25, -0.2) is 0 Å². The van der Waals surface area contributed by atoms with Crippen molar-refractivity contribution in [2.24, 2.45) is 5.92 Å². The van der Waals surface area contributed by atoms with E-state index < -0.39 is 0 Å². The van der Waals surface area contributed by atoms with Crippen molar-refractivity contribution in [2.75, 3.05) is 0 Å². The van der Waals surface area contributed by atoms with E-state index in [-0.39, 0.29) is 17.5 Å². The fourth-order valence-electron chi connectivity index (χ4n) is 2.12. The van der Waals surface area contributed by atoms with Crippen molar-refractivity contribution < 1.29 is 9.90 Å². The molecule has 0 aliphatic heterocycles. The minimum absolute atomic E-state index is 0.0845. The van der Waals surface area contributed by atoms with Crippen molar-refractivity contribution in [3.63, 3.8) is 0 Å². The maximum absolute atomic E-state index is 12.0. The van der Waals surface area contributed by atoms with E-state index in [1.54, 1.807) is 18.2 Å². The van der Waals surface area contributed by atoms with Crippen molar-refractivity contribution in [3.05, 3.63) is 28.2 Å². The topological polar surface area (TPSA) is 37.3 Å². The van der Waals surface area contributed by atoms with Crippen LogP contribution in [0.2, 0.25) is 0 Å². The first-order chi connectivity index (χ1) is 7.18. The molecule has 0 atom stereocenters. The first kappa shape index (κ1) is 10.7. The van der Waals surface area contributed by atoms with E-state index in [2.05, 4.69) is 15.9 Å². The lowest BCUT2D eigenvalue weighted by Crippen LogP contribution is -2.11. The molecule has 80 valence electrons. The highest BCUT2D eigenvalue weighted by Crippen LogP contribution is 2.31. The molecule has 1 aliphatic carbocycles. The van der Waals surface area contributed by atoms with E-state index in [9.17, 15) is 9.90 Å². The normalized spacial score (nSPS) is 16.9. The molecule has 15 heavy (non-hydrogen) atoms. The van der Waals surface area contributed by atoms with Crippen LogP contribution >= 0.6 is 15.9 Å². The quantitative estimate of drug-likeness (QED) is 0.834. The summed E-state index contributed by atoms with van der Waals surface area (Å²) in [7, 11) is 0. The van der Waals surface area contributed by atoms with Crippen LogP contribution in [0.15, 0.2) is 22.7 Å². The second-order valence-electron chi connectivity index (χ2n) is 4.01. The second-order valence-corrected chi connectivity index (χ2v) is 4.92. The van der Waals surface area contributed by atoms with Gasteiger partial charge in [0.1, 0.15) is 5.75 Å². The van der Waals surface area contributed by atoms with Gasteiger partial charge >= 0.3 is 0 Å². The number of hydrogen-bond donors (Lipinski definition) is 1. The molecule has 2 rings (SSSR count). The molecule has 1 saturated carbocycles. The molecule has 1 N–H and O–H groups in total. The number of hydrogen-bond acceptors (Lipinski definition) is 2. The Bertz CT molecular complexity index is 381. The minimum atomic E-state index is 0.0845. The number of ketones is 1. The lowest BCUT2D eigenvalue weighted by molar-refractivity contribution is 0.0920. The van der Waals surface area contributed by atoms with Gasteiger partial charge in [-0.05, 0) is 31.0 Å². The van der Waals surface area contributed by atoms with Crippen LogP contribution in [0.3, 0.4) is 0 Å². The molecular formula is C12H13BrO2. The molecule has 0 unspecified atom stereocenters. The van der Waals surface area contributed by atoms with E-state index >= 15 is 0 Å². The highest BCUT2D eigenvalue weighted by molar-refractivity contribution is 9.10. The fraction of sp³-hybridized carbons (Fsp3) is 0.417. The van der Waals surface area contributed by atoms with E-state index in [1.807, 2.05) is 0 Å². The predicted octanol–water partition coefficient (Wildman–Crippen LogP) is 3.53. The molecule has 1 aliphatic rings. The summed E-state index contributed by atoms with van der Waals surface area (Å²) < 4.78 is 0.794. The zero-order valence-electron chi connectivity index (χ0n) is 8.37. The maximum Gasteiger partial charge on any atom is 0.169 e. The zero-order valence-corrected chi connectivity index (χ0v) is 9.96. The van der Waals surface area contributed by atoms with Crippen molar-refractivity contribution in [2.45, 2.75) is 25.7 Å². The smallest absolute Gasteiger partial charge is 0.169 e. The van der Waals surface area contributed by atoms with Crippen LogP contribution < -0.4 is 0 Å². The average Bonchev–Trinajstić information content (AvgIpc) is 2.69.